The number of rotatable bonds is 5. The van der Waals surface area contributed by atoms with Crippen LogP contribution in [0.3, 0.4) is 0 Å². The summed E-state index contributed by atoms with van der Waals surface area (Å²) in [5, 5.41) is 2.77. The number of piperidine rings is 1. The van der Waals surface area contributed by atoms with E-state index in [-0.39, 0.29) is 5.25 Å². The molecule has 0 aliphatic carbocycles. The van der Waals surface area contributed by atoms with E-state index >= 15 is 0 Å². The van der Waals surface area contributed by atoms with Crippen LogP contribution in [-0.2, 0) is 16.3 Å². The zero-order chi connectivity index (χ0) is 20.4. The maximum absolute atomic E-state index is 13.0. The third-order valence-electron chi connectivity index (χ3n) is 5.32. The second-order valence-corrected chi connectivity index (χ2v) is 11.5. The third-order valence-corrected chi connectivity index (χ3v) is 9.02. The Morgan fingerprint density at radius 1 is 1.14 bits per heavy atom. The summed E-state index contributed by atoms with van der Waals surface area (Å²) in [5.41, 5.74) is 3.58. The van der Waals surface area contributed by atoms with Crippen LogP contribution in [0.2, 0.25) is 0 Å². The number of nitrogens with zero attached hydrogens (tertiary/aromatic N) is 2. The van der Waals surface area contributed by atoms with Crippen molar-refractivity contribution in [3.63, 3.8) is 0 Å². The maximum atomic E-state index is 13.0. The molecule has 0 bridgehead atoms. The van der Waals surface area contributed by atoms with Gasteiger partial charge in [0.05, 0.1) is 15.8 Å². The minimum atomic E-state index is -3.30. The number of halogens is 1. The van der Waals surface area contributed by atoms with Crippen molar-refractivity contribution in [2.75, 3.05) is 18.0 Å². The van der Waals surface area contributed by atoms with Crippen molar-refractivity contribution in [2.45, 2.75) is 36.3 Å². The fraction of sp³-hybridized carbons (Fsp3) is 0.318. The van der Waals surface area contributed by atoms with Crippen molar-refractivity contribution in [3.05, 3.63) is 75.2 Å². The lowest BCUT2D eigenvalue weighted by Crippen LogP contribution is -2.39. The van der Waals surface area contributed by atoms with E-state index in [2.05, 4.69) is 57.4 Å². The largest absolute Gasteiger partial charge is 0.348 e. The number of hydrogen-bond acceptors (Lipinski definition) is 5. The highest BCUT2D eigenvalue weighted by atomic mass is 79.9. The van der Waals surface area contributed by atoms with Crippen molar-refractivity contribution in [2.24, 2.45) is 0 Å². The molecule has 29 heavy (non-hydrogen) atoms. The summed E-state index contributed by atoms with van der Waals surface area (Å²) in [6.45, 7) is 3.52. The lowest BCUT2D eigenvalue weighted by molar-refractivity contribution is 0.529. The van der Waals surface area contributed by atoms with E-state index in [1.54, 1.807) is 29.5 Å². The van der Waals surface area contributed by atoms with E-state index < -0.39 is 9.84 Å². The molecule has 0 N–H and O–H groups in total. The van der Waals surface area contributed by atoms with E-state index in [0.717, 1.165) is 34.8 Å². The first-order chi connectivity index (χ1) is 13.9. The lowest BCUT2D eigenvalue weighted by atomic mass is 10.1. The van der Waals surface area contributed by atoms with E-state index in [1.807, 2.05) is 6.07 Å². The first-order valence-corrected chi connectivity index (χ1v) is 12.9. The quantitative estimate of drug-likeness (QED) is 0.490. The van der Waals surface area contributed by atoms with Gasteiger partial charge in [-0.15, -0.1) is 11.3 Å². The Bertz CT molecular complexity index is 1090. The molecule has 4 rings (SSSR count). The minimum Gasteiger partial charge on any atom is -0.348 e. The number of thiazole rings is 1. The van der Waals surface area contributed by atoms with Crippen molar-refractivity contribution in [3.8, 4) is 0 Å². The van der Waals surface area contributed by atoms with Crippen LogP contribution in [0, 0.1) is 6.92 Å². The fourth-order valence-electron chi connectivity index (χ4n) is 3.63. The first-order valence-electron chi connectivity index (χ1n) is 9.66. The van der Waals surface area contributed by atoms with Crippen molar-refractivity contribution in [1.82, 2.24) is 4.98 Å². The summed E-state index contributed by atoms with van der Waals surface area (Å²) in [4.78, 5) is 7.42. The van der Waals surface area contributed by atoms with Crippen LogP contribution in [0.25, 0.3) is 0 Å². The summed E-state index contributed by atoms with van der Waals surface area (Å²) in [7, 11) is -3.30. The predicted molar refractivity (Wildman–Crippen MR) is 123 cm³/mol. The molecule has 2 heterocycles. The third kappa shape index (κ3) is 4.73. The maximum Gasteiger partial charge on any atom is 0.185 e. The SMILES string of the molecule is Cc1ccc(Cc2csc(N3CCC(S(=O)(=O)c4cccc(Br)c4)CC3)n2)cc1. The summed E-state index contributed by atoms with van der Waals surface area (Å²) < 4.78 is 26.7. The Hall–Kier alpha value is -1.70. The number of aromatic nitrogens is 1. The van der Waals surface area contributed by atoms with Gasteiger partial charge in [-0.3, -0.25) is 0 Å². The van der Waals surface area contributed by atoms with Gasteiger partial charge in [0.1, 0.15) is 0 Å². The summed E-state index contributed by atoms with van der Waals surface area (Å²) in [6, 6.07) is 15.5. The van der Waals surface area contributed by atoms with Gasteiger partial charge in [-0.2, -0.15) is 0 Å². The molecule has 0 unspecified atom stereocenters. The first kappa shape index (κ1) is 20.6. The molecule has 0 radical (unpaired) electrons. The second-order valence-electron chi connectivity index (χ2n) is 7.47. The van der Waals surface area contributed by atoms with E-state index in [4.69, 9.17) is 4.98 Å². The smallest absolute Gasteiger partial charge is 0.185 e. The monoisotopic (exact) mass is 490 g/mol. The molecular weight excluding hydrogens is 468 g/mol. The van der Waals surface area contributed by atoms with Gasteiger partial charge < -0.3 is 4.90 Å². The Morgan fingerprint density at radius 2 is 1.86 bits per heavy atom. The molecule has 2 aromatic carbocycles. The zero-order valence-electron chi connectivity index (χ0n) is 16.2. The van der Waals surface area contributed by atoms with Gasteiger partial charge in [-0.25, -0.2) is 13.4 Å². The molecule has 152 valence electrons. The van der Waals surface area contributed by atoms with Crippen LogP contribution in [0.5, 0.6) is 0 Å². The van der Waals surface area contributed by atoms with E-state index in [9.17, 15) is 8.42 Å². The van der Waals surface area contributed by atoms with E-state index in [1.165, 1.54) is 11.1 Å². The number of anilines is 1. The van der Waals surface area contributed by atoms with Gasteiger partial charge >= 0.3 is 0 Å². The zero-order valence-corrected chi connectivity index (χ0v) is 19.4. The molecule has 7 heteroatoms. The van der Waals surface area contributed by atoms with Gasteiger partial charge in [0.25, 0.3) is 0 Å². The van der Waals surface area contributed by atoms with Crippen molar-refractivity contribution >= 4 is 42.2 Å². The summed E-state index contributed by atoms with van der Waals surface area (Å²) >= 11 is 5.01. The van der Waals surface area contributed by atoms with Gasteiger partial charge in [0.15, 0.2) is 15.0 Å². The fourth-order valence-corrected chi connectivity index (χ4v) is 6.84. The molecule has 0 amide bonds. The molecule has 0 atom stereocenters. The number of hydrogen-bond donors (Lipinski definition) is 0. The Kier molecular flexibility index (Phi) is 6.08. The van der Waals surface area contributed by atoms with Crippen LogP contribution in [0.4, 0.5) is 5.13 Å². The highest BCUT2D eigenvalue weighted by Crippen LogP contribution is 2.30. The normalized spacial score (nSPS) is 15.6. The van der Waals surface area contributed by atoms with E-state index in [0.29, 0.717) is 17.7 Å². The topological polar surface area (TPSA) is 50.3 Å². The van der Waals surface area contributed by atoms with Gasteiger partial charge in [0.2, 0.25) is 0 Å². The molecule has 1 saturated heterocycles. The lowest BCUT2D eigenvalue weighted by Gasteiger charge is -2.31. The molecule has 1 aliphatic heterocycles. The van der Waals surface area contributed by atoms with Gasteiger partial charge in [-0.05, 0) is 43.5 Å². The number of benzene rings is 2. The number of aryl methyl sites for hydroxylation is 1. The van der Waals surface area contributed by atoms with Crippen LogP contribution in [0.15, 0.2) is 63.3 Å². The molecule has 1 aliphatic rings. The second kappa shape index (κ2) is 8.58. The molecule has 3 aromatic rings. The van der Waals surface area contributed by atoms with Crippen molar-refractivity contribution in [1.29, 1.82) is 0 Å². The number of sulfone groups is 1. The molecule has 4 nitrogen and oxygen atoms in total. The average Bonchev–Trinajstić information content (AvgIpc) is 3.18. The van der Waals surface area contributed by atoms with Gasteiger partial charge in [0, 0.05) is 29.4 Å². The standard InChI is InChI=1S/C22H23BrN2O2S2/c1-16-5-7-17(8-6-16)13-19-15-28-22(24-19)25-11-9-20(10-12-25)29(26,27)21-4-2-3-18(23)14-21/h2-8,14-15,20H,9-13H2,1H3. The highest BCUT2D eigenvalue weighted by molar-refractivity contribution is 9.10. The highest BCUT2D eigenvalue weighted by Gasteiger charge is 2.32. The molecule has 0 spiro atoms. The van der Waals surface area contributed by atoms with Crippen LogP contribution in [0.1, 0.15) is 29.7 Å². The van der Waals surface area contributed by atoms with Crippen molar-refractivity contribution < 1.29 is 8.42 Å². The Balaban J connectivity index is 1.40. The Labute approximate surface area is 184 Å². The summed E-state index contributed by atoms with van der Waals surface area (Å²) in [6.07, 6.45) is 2.08. The Morgan fingerprint density at radius 3 is 2.55 bits per heavy atom. The molecule has 0 saturated carbocycles. The van der Waals surface area contributed by atoms with Crippen LogP contribution >= 0.6 is 27.3 Å². The van der Waals surface area contributed by atoms with Gasteiger partial charge in [-0.1, -0.05) is 51.8 Å². The summed E-state index contributed by atoms with van der Waals surface area (Å²) in [5.74, 6) is 0. The average molecular weight is 491 g/mol. The minimum absolute atomic E-state index is 0.333. The van der Waals surface area contributed by atoms with Crippen LogP contribution in [-0.4, -0.2) is 31.7 Å². The molecule has 1 aromatic heterocycles. The van der Waals surface area contributed by atoms with Crippen LogP contribution < -0.4 is 4.90 Å². The molecular formula is C22H23BrN2O2S2. The predicted octanol–water partition coefficient (Wildman–Crippen LogP) is 5.25. The molecule has 1 fully saturated rings.